The van der Waals surface area contributed by atoms with Gasteiger partial charge in [0.1, 0.15) is 5.01 Å². The molecule has 0 radical (unpaired) electrons. The molecule has 0 bridgehead atoms. The average molecular weight is 282 g/mol. The first-order valence-electron chi connectivity index (χ1n) is 6.74. The van der Waals surface area contributed by atoms with Crippen molar-refractivity contribution in [2.75, 3.05) is 26.2 Å². The Morgan fingerprint density at radius 3 is 2.63 bits per heavy atom. The third kappa shape index (κ3) is 3.91. The predicted octanol–water partition coefficient (Wildman–Crippen LogP) is 1.69. The number of aryl methyl sites for hydroxylation is 1. The molecule has 0 aliphatic carbocycles. The van der Waals surface area contributed by atoms with Gasteiger partial charge >= 0.3 is 6.03 Å². The van der Waals surface area contributed by atoms with Crippen LogP contribution in [0.3, 0.4) is 0 Å². The Morgan fingerprint density at radius 2 is 2.11 bits per heavy atom. The van der Waals surface area contributed by atoms with Crippen LogP contribution in [0.1, 0.15) is 24.5 Å². The molecule has 0 spiro atoms. The maximum Gasteiger partial charge on any atom is 0.317 e. The normalized spacial score (nSPS) is 16.9. The minimum atomic E-state index is 0.0243. The Bertz CT molecular complexity index is 424. The minimum absolute atomic E-state index is 0.0243. The van der Waals surface area contributed by atoms with Gasteiger partial charge in [0.15, 0.2) is 0 Å². The van der Waals surface area contributed by atoms with Crippen LogP contribution in [0.15, 0.2) is 5.38 Å². The molecule has 0 atom stereocenters. The van der Waals surface area contributed by atoms with E-state index < -0.39 is 0 Å². The van der Waals surface area contributed by atoms with E-state index in [-0.39, 0.29) is 6.03 Å². The summed E-state index contributed by atoms with van der Waals surface area (Å²) in [5.41, 5.74) is 1.01. The van der Waals surface area contributed by atoms with Crippen LogP contribution in [0.4, 0.5) is 4.79 Å². The van der Waals surface area contributed by atoms with Gasteiger partial charge in [-0.25, -0.2) is 9.78 Å². The molecule has 1 aromatic rings. The fourth-order valence-electron chi connectivity index (χ4n) is 2.19. The van der Waals surface area contributed by atoms with E-state index in [4.69, 9.17) is 0 Å². The van der Waals surface area contributed by atoms with Crippen LogP contribution < -0.4 is 5.32 Å². The SMILES string of the molecule is Cc1csc(CNC(=O)N2CCN(C(C)C)CC2)n1. The molecule has 1 saturated heterocycles. The number of carbonyl (C=O) groups excluding carboxylic acids is 1. The molecular formula is C13H22N4OS. The third-order valence-corrected chi connectivity index (χ3v) is 4.36. The van der Waals surface area contributed by atoms with E-state index in [0.29, 0.717) is 12.6 Å². The smallest absolute Gasteiger partial charge is 0.317 e. The summed E-state index contributed by atoms with van der Waals surface area (Å²) in [7, 11) is 0. The van der Waals surface area contributed by atoms with Gasteiger partial charge in [-0.05, 0) is 20.8 Å². The maximum atomic E-state index is 12.0. The van der Waals surface area contributed by atoms with Crippen molar-refractivity contribution in [2.24, 2.45) is 0 Å². The molecule has 0 unspecified atom stereocenters. The summed E-state index contributed by atoms with van der Waals surface area (Å²) in [6.07, 6.45) is 0. The van der Waals surface area contributed by atoms with Gasteiger partial charge in [-0.15, -0.1) is 11.3 Å². The number of aromatic nitrogens is 1. The molecule has 19 heavy (non-hydrogen) atoms. The van der Waals surface area contributed by atoms with E-state index in [1.807, 2.05) is 17.2 Å². The zero-order valence-electron chi connectivity index (χ0n) is 11.8. The fraction of sp³-hybridized carbons (Fsp3) is 0.692. The quantitative estimate of drug-likeness (QED) is 0.918. The number of hydrogen-bond acceptors (Lipinski definition) is 4. The summed E-state index contributed by atoms with van der Waals surface area (Å²) >= 11 is 1.59. The number of nitrogens with one attached hydrogen (secondary N) is 1. The van der Waals surface area contributed by atoms with Crippen molar-refractivity contribution in [3.8, 4) is 0 Å². The Balaban J connectivity index is 1.75. The number of nitrogens with zero attached hydrogens (tertiary/aromatic N) is 3. The van der Waals surface area contributed by atoms with E-state index >= 15 is 0 Å². The Morgan fingerprint density at radius 1 is 1.42 bits per heavy atom. The second-order valence-electron chi connectivity index (χ2n) is 5.16. The summed E-state index contributed by atoms with van der Waals surface area (Å²) in [5.74, 6) is 0. The van der Waals surface area contributed by atoms with Crippen LogP contribution in [0.25, 0.3) is 0 Å². The molecule has 5 nitrogen and oxygen atoms in total. The molecule has 106 valence electrons. The van der Waals surface area contributed by atoms with Crippen LogP contribution in [-0.2, 0) is 6.54 Å². The lowest BCUT2D eigenvalue weighted by Gasteiger charge is -2.36. The Kier molecular flexibility index (Phi) is 4.76. The van der Waals surface area contributed by atoms with Gasteiger partial charge in [0.25, 0.3) is 0 Å². The fourth-order valence-corrected chi connectivity index (χ4v) is 2.90. The van der Waals surface area contributed by atoms with Crippen molar-refractivity contribution in [3.63, 3.8) is 0 Å². The first kappa shape index (κ1) is 14.3. The zero-order chi connectivity index (χ0) is 13.8. The Labute approximate surface area is 118 Å². The second-order valence-corrected chi connectivity index (χ2v) is 6.10. The molecule has 2 amide bonds. The van der Waals surface area contributed by atoms with Gasteiger partial charge in [-0.3, -0.25) is 4.90 Å². The molecule has 6 heteroatoms. The second kappa shape index (κ2) is 6.34. The third-order valence-electron chi connectivity index (χ3n) is 3.39. The van der Waals surface area contributed by atoms with Gasteiger partial charge in [-0.2, -0.15) is 0 Å². The predicted molar refractivity (Wildman–Crippen MR) is 77.4 cm³/mol. The van der Waals surface area contributed by atoms with Gasteiger partial charge in [0.2, 0.25) is 0 Å². The van der Waals surface area contributed by atoms with Crippen molar-refractivity contribution in [2.45, 2.75) is 33.4 Å². The van der Waals surface area contributed by atoms with Crippen molar-refractivity contribution in [1.29, 1.82) is 0 Å². The number of carbonyl (C=O) groups is 1. The highest BCUT2D eigenvalue weighted by atomic mass is 32.1. The maximum absolute atomic E-state index is 12.0. The van der Waals surface area contributed by atoms with Crippen LogP contribution >= 0.6 is 11.3 Å². The lowest BCUT2D eigenvalue weighted by atomic mass is 10.2. The zero-order valence-corrected chi connectivity index (χ0v) is 12.7. The van der Waals surface area contributed by atoms with Gasteiger partial charge in [0.05, 0.1) is 6.54 Å². The largest absolute Gasteiger partial charge is 0.331 e. The summed E-state index contributed by atoms with van der Waals surface area (Å²) in [6.45, 7) is 10.4. The molecule has 1 N–H and O–H groups in total. The lowest BCUT2D eigenvalue weighted by molar-refractivity contribution is 0.119. The van der Waals surface area contributed by atoms with E-state index in [9.17, 15) is 4.79 Å². The van der Waals surface area contributed by atoms with Crippen molar-refractivity contribution in [3.05, 3.63) is 16.1 Å². The van der Waals surface area contributed by atoms with Crippen molar-refractivity contribution in [1.82, 2.24) is 20.1 Å². The number of thiazole rings is 1. The van der Waals surface area contributed by atoms with Gasteiger partial charge in [-0.1, -0.05) is 0 Å². The molecule has 0 aromatic carbocycles. The molecule has 0 saturated carbocycles. The first-order chi connectivity index (χ1) is 9.06. The van der Waals surface area contributed by atoms with Crippen molar-refractivity contribution >= 4 is 17.4 Å². The number of rotatable bonds is 3. The van der Waals surface area contributed by atoms with E-state index in [2.05, 4.69) is 29.0 Å². The van der Waals surface area contributed by atoms with E-state index in [0.717, 1.165) is 36.9 Å². The monoisotopic (exact) mass is 282 g/mol. The molecule has 1 aromatic heterocycles. The molecule has 2 rings (SSSR count). The van der Waals surface area contributed by atoms with Crippen molar-refractivity contribution < 1.29 is 4.79 Å². The van der Waals surface area contributed by atoms with Crippen LogP contribution in [-0.4, -0.2) is 53.0 Å². The highest BCUT2D eigenvalue weighted by Crippen LogP contribution is 2.09. The summed E-state index contributed by atoms with van der Waals surface area (Å²) < 4.78 is 0. The molecule has 1 fully saturated rings. The molecule has 2 heterocycles. The van der Waals surface area contributed by atoms with Crippen LogP contribution in [0, 0.1) is 6.92 Å². The highest BCUT2D eigenvalue weighted by molar-refractivity contribution is 7.09. The number of hydrogen-bond donors (Lipinski definition) is 1. The number of amides is 2. The highest BCUT2D eigenvalue weighted by Gasteiger charge is 2.22. The lowest BCUT2D eigenvalue weighted by Crippen LogP contribution is -2.53. The average Bonchev–Trinajstić information content (AvgIpc) is 2.82. The Hall–Kier alpha value is -1.14. The number of piperazine rings is 1. The number of urea groups is 1. The molecular weight excluding hydrogens is 260 g/mol. The van der Waals surface area contributed by atoms with Gasteiger partial charge in [0, 0.05) is 43.3 Å². The van der Waals surface area contributed by atoms with Crippen LogP contribution in [0.5, 0.6) is 0 Å². The summed E-state index contributed by atoms with van der Waals surface area (Å²) in [4.78, 5) is 20.7. The molecule has 1 aliphatic heterocycles. The van der Waals surface area contributed by atoms with E-state index in [1.54, 1.807) is 11.3 Å². The topological polar surface area (TPSA) is 48.5 Å². The minimum Gasteiger partial charge on any atom is -0.331 e. The summed E-state index contributed by atoms with van der Waals surface area (Å²) in [6, 6.07) is 0.583. The first-order valence-corrected chi connectivity index (χ1v) is 7.62. The summed E-state index contributed by atoms with van der Waals surface area (Å²) in [5, 5.41) is 5.91. The van der Waals surface area contributed by atoms with Gasteiger partial charge < -0.3 is 10.2 Å². The van der Waals surface area contributed by atoms with E-state index in [1.165, 1.54) is 0 Å². The van der Waals surface area contributed by atoms with Crippen LogP contribution in [0.2, 0.25) is 0 Å². The molecule has 1 aliphatic rings. The standard InChI is InChI=1S/C13H22N4OS/c1-10(2)16-4-6-17(7-5-16)13(18)14-8-12-15-11(3)9-19-12/h9-10H,4-8H2,1-3H3,(H,14,18).